The third-order valence-corrected chi connectivity index (χ3v) is 2.81. The van der Waals surface area contributed by atoms with E-state index in [9.17, 15) is 0 Å². The Morgan fingerprint density at radius 3 is 2.85 bits per heavy atom. The van der Waals surface area contributed by atoms with Gasteiger partial charge < -0.3 is 10.6 Å². The van der Waals surface area contributed by atoms with Crippen molar-refractivity contribution in [2.24, 2.45) is 5.92 Å². The fourth-order valence-electron chi connectivity index (χ4n) is 2.11. The lowest BCUT2D eigenvalue weighted by atomic mass is 10.0. The van der Waals surface area contributed by atoms with Crippen LogP contribution in [-0.4, -0.2) is 25.7 Å². The molecular formula is C11H24N2. The highest BCUT2D eigenvalue weighted by Gasteiger charge is 2.22. The highest BCUT2D eigenvalue weighted by atomic mass is 15.0. The van der Waals surface area contributed by atoms with Crippen molar-refractivity contribution in [1.29, 1.82) is 0 Å². The highest BCUT2D eigenvalue weighted by molar-refractivity contribution is 4.82. The zero-order chi connectivity index (χ0) is 9.52. The van der Waals surface area contributed by atoms with Crippen LogP contribution in [0.2, 0.25) is 0 Å². The molecule has 0 aromatic carbocycles. The first-order chi connectivity index (χ1) is 6.36. The largest absolute Gasteiger partial charge is 0.316 e. The Morgan fingerprint density at radius 1 is 1.31 bits per heavy atom. The molecule has 0 saturated carbocycles. The van der Waals surface area contributed by atoms with Gasteiger partial charge in [-0.15, -0.1) is 0 Å². The molecule has 1 fully saturated rings. The predicted molar refractivity (Wildman–Crippen MR) is 58.0 cm³/mol. The molecule has 1 heterocycles. The van der Waals surface area contributed by atoms with Crippen LogP contribution in [-0.2, 0) is 0 Å². The summed E-state index contributed by atoms with van der Waals surface area (Å²) in [6.45, 7) is 8.10. The van der Waals surface area contributed by atoms with E-state index in [0.717, 1.165) is 12.0 Å². The number of rotatable bonds is 6. The van der Waals surface area contributed by atoms with E-state index in [1.165, 1.54) is 45.3 Å². The van der Waals surface area contributed by atoms with Crippen molar-refractivity contribution >= 4 is 0 Å². The van der Waals surface area contributed by atoms with Gasteiger partial charge >= 0.3 is 0 Å². The third-order valence-electron chi connectivity index (χ3n) is 2.81. The average Bonchev–Trinajstić information content (AvgIpc) is 2.54. The molecule has 0 aromatic rings. The second kappa shape index (κ2) is 6.39. The van der Waals surface area contributed by atoms with Crippen molar-refractivity contribution in [3.8, 4) is 0 Å². The van der Waals surface area contributed by atoms with Gasteiger partial charge in [-0.05, 0) is 44.8 Å². The molecule has 1 rings (SSSR count). The Kier molecular flexibility index (Phi) is 5.40. The van der Waals surface area contributed by atoms with E-state index < -0.39 is 0 Å². The summed E-state index contributed by atoms with van der Waals surface area (Å²) >= 11 is 0. The lowest BCUT2D eigenvalue weighted by Crippen LogP contribution is -2.25. The zero-order valence-electron chi connectivity index (χ0n) is 9.10. The Morgan fingerprint density at radius 2 is 2.15 bits per heavy atom. The summed E-state index contributed by atoms with van der Waals surface area (Å²) in [5.41, 5.74) is 0. The van der Waals surface area contributed by atoms with E-state index in [1.807, 2.05) is 0 Å². The van der Waals surface area contributed by atoms with Crippen LogP contribution < -0.4 is 10.6 Å². The van der Waals surface area contributed by atoms with E-state index in [0.29, 0.717) is 0 Å². The second-order valence-electron chi connectivity index (χ2n) is 4.20. The lowest BCUT2D eigenvalue weighted by molar-refractivity contribution is 0.489. The molecule has 2 N–H and O–H groups in total. The minimum Gasteiger partial charge on any atom is -0.316 e. The zero-order valence-corrected chi connectivity index (χ0v) is 9.10. The first kappa shape index (κ1) is 11.0. The highest BCUT2D eigenvalue weighted by Crippen LogP contribution is 2.16. The summed E-state index contributed by atoms with van der Waals surface area (Å²) in [5.74, 6) is 0.878. The summed E-state index contributed by atoms with van der Waals surface area (Å²) in [6.07, 6.45) is 5.29. The standard InChI is InChI=1S/C11H24N2/c1-3-5-11-7-10(9-13-11)8-12-6-4-2/h10-13H,3-9H2,1-2H3. The molecular weight excluding hydrogens is 160 g/mol. The quantitative estimate of drug-likeness (QED) is 0.615. The molecule has 0 radical (unpaired) electrons. The van der Waals surface area contributed by atoms with Crippen LogP contribution in [0.25, 0.3) is 0 Å². The van der Waals surface area contributed by atoms with Gasteiger partial charge in [0.2, 0.25) is 0 Å². The van der Waals surface area contributed by atoms with Gasteiger partial charge in [0.15, 0.2) is 0 Å². The SMILES string of the molecule is CCCNCC1CNC(CCC)C1. The Labute approximate surface area is 82.5 Å². The fourth-order valence-corrected chi connectivity index (χ4v) is 2.11. The van der Waals surface area contributed by atoms with E-state index in [1.54, 1.807) is 0 Å². The maximum atomic E-state index is 3.59. The Bertz CT molecular complexity index is 125. The summed E-state index contributed by atoms with van der Waals surface area (Å²) in [6, 6.07) is 0.804. The van der Waals surface area contributed by atoms with Crippen molar-refractivity contribution < 1.29 is 0 Å². The monoisotopic (exact) mass is 184 g/mol. The van der Waals surface area contributed by atoms with Crippen LogP contribution in [0.1, 0.15) is 39.5 Å². The topological polar surface area (TPSA) is 24.1 Å². The Balaban J connectivity index is 2.03. The Hall–Kier alpha value is -0.0800. The average molecular weight is 184 g/mol. The molecule has 2 unspecified atom stereocenters. The molecule has 2 atom stereocenters. The smallest absolute Gasteiger partial charge is 0.00706 e. The minimum absolute atomic E-state index is 0.804. The van der Waals surface area contributed by atoms with Crippen molar-refractivity contribution in [2.45, 2.75) is 45.6 Å². The molecule has 0 spiro atoms. The molecule has 1 saturated heterocycles. The third kappa shape index (κ3) is 4.10. The van der Waals surface area contributed by atoms with Crippen LogP contribution in [0.5, 0.6) is 0 Å². The molecule has 1 aliphatic rings. The van der Waals surface area contributed by atoms with E-state index in [-0.39, 0.29) is 0 Å². The van der Waals surface area contributed by atoms with Crippen molar-refractivity contribution in [1.82, 2.24) is 10.6 Å². The molecule has 0 aromatic heterocycles. The normalized spacial score (nSPS) is 28.2. The first-order valence-electron chi connectivity index (χ1n) is 5.80. The number of hydrogen-bond donors (Lipinski definition) is 2. The summed E-state index contributed by atoms with van der Waals surface area (Å²) in [4.78, 5) is 0. The summed E-state index contributed by atoms with van der Waals surface area (Å²) < 4.78 is 0. The van der Waals surface area contributed by atoms with Gasteiger partial charge in [-0.25, -0.2) is 0 Å². The van der Waals surface area contributed by atoms with Gasteiger partial charge in [-0.1, -0.05) is 20.3 Å². The van der Waals surface area contributed by atoms with Crippen LogP contribution in [0.3, 0.4) is 0 Å². The first-order valence-corrected chi connectivity index (χ1v) is 5.80. The van der Waals surface area contributed by atoms with Gasteiger partial charge in [-0.3, -0.25) is 0 Å². The van der Waals surface area contributed by atoms with Gasteiger partial charge in [0.1, 0.15) is 0 Å². The van der Waals surface area contributed by atoms with Crippen LogP contribution in [0.15, 0.2) is 0 Å². The number of hydrogen-bond acceptors (Lipinski definition) is 2. The molecule has 0 bridgehead atoms. The second-order valence-corrected chi connectivity index (χ2v) is 4.20. The van der Waals surface area contributed by atoms with Gasteiger partial charge in [0.05, 0.1) is 0 Å². The van der Waals surface area contributed by atoms with Gasteiger partial charge in [0, 0.05) is 6.04 Å². The maximum absolute atomic E-state index is 3.59. The van der Waals surface area contributed by atoms with Gasteiger partial charge in [-0.2, -0.15) is 0 Å². The van der Waals surface area contributed by atoms with Crippen molar-refractivity contribution in [3.63, 3.8) is 0 Å². The molecule has 0 amide bonds. The van der Waals surface area contributed by atoms with Crippen LogP contribution in [0, 0.1) is 5.92 Å². The minimum atomic E-state index is 0.804. The van der Waals surface area contributed by atoms with Crippen LogP contribution in [0.4, 0.5) is 0 Å². The molecule has 78 valence electrons. The molecule has 13 heavy (non-hydrogen) atoms. The van der Waals surface area contributed by atoms with Gasteiger partial charge in [0.25, 0.3) is 0 Å². The van der Waals surface area contributed by atoms with Crippen LogP contribution >= 0.6 is 0 Å². The molecule has 1 aliphatic heterocycles. The van der Waals surface area contributed by atoms with E-state index >= 15 is 0 Å². The summed E-state index contributed by atoms with van der Waals surface area (Å²) in [7, 11) is 0. The maximum Gasteiger partial charge on any atom is 0.00706 e. The molecule has 2 nitrogen and oxygen atoms in total. The lowest BCUT2D eigenvalue weighted by Gasteiger charge is -2.10. The number of nitrogens with one attached hydrogen (secondary N) is 2. The van der Waals surface area contributed by atoms with Crippen molar-refractivity contribution in [3.05, 3.63) is 0 Å². The predicted octanol–water partition coefficient (Wildman–Crippen LogP) is 1.76. The fraction of sp³-hybridized carbons (Fsp3) is 1.00. The molecule has 2 heteroatoms. The van der Waals surface area contributed by atoms with E-state index in [4.69, 9.17) is 0 Å². The molecule has 0 aliphatic carbocycles. The van der Waals surface area contributed by atoms with Crippen molar-refractivity contribution in [2.75, 3.05) is 19.6 Å². The van der Waals surface area contributed by atoms with E-state index in [2.05, 4.69) is 24.5 Å². The summed E-state index contributed by atoms with van der Waals surface area (Å²) in [5, 5.41) is 7.09.